The number of esters is 1. The quantitative estimate of drug-likeness (QED) is 0.189. The molecular weight excluding hydrogens is 641 g/mol. The summed E-state index contributed by atoms with van der Waals surface area (Å²) in [4.78, 5) is 32.5. The van der Waals surface area contributed by atoms with E-state index in [0.29, 0.717) is 48.0 Å². The highest BCUT2D eigenvalue weighted by Crippen LogP contribution is 2.37. The first-order chi connectivity index (χ1) is 21.1. The van der Waals surface area contributed by atoms with Gasteiger partial charge in [-0.1, -0.05) is 70.4 Å². The van der Waals surface area contributed by atoms with Gasteiger partial charge in [0.2, 0.25) is 0 Å². The molecule has 0 fully saturated rings. The van der Waals surface area contributed by atoms with E-state index in [1.165, 1.54) is 30.1 Å². The molecule has 0 spiro atoms. The van der Waals surface area contributed by atoms with Crippen LogP contribution in [0.25, 0.3) is 17.0 Å². The second-order valence-electron chi connectivity index (χ2n) is 10.3. The summed E-state index contributed by atoms with van der Waals surface area (Å²) in [5.74, 6) is -0.114. The number of carbonyl (C=O) groups is 1. The minimum absolute atomic E-state index is 0.236. The van der Waals surface area contributed by atoms with Gasteiger partial charge in [-0.05, 0) is 61.9 Å². The molecule has 0 aliphatic carbocycles. The molecule has 0 N–H and O–H groups in total. The molecule has 224 valence electrons. The maximum Gasteiger partial charge on any atom is 0.338 e. The normalized spacial score (nSPS) is 15.0. The number of ether oxygens (including phenoxy) is 2. The molecule has 11 heteroatoms. The van der Waals surface area contributed by atoms with Crippen molar-refractivity contribution in [3.8, 4) is 5.75 Å². The Kier molecular flexibility index (Phi) is 8.20. The molecule has 3 aromatic carbocycles. The van der Waals surface area contributed by atoms with Gasteiger partial charge in [-0.25, -0.2) is 9.79 Å². The van der Waals surface area contributed by atoms with Crippen LogP contribution in [0, 0.1) is 6.92 Å². The molecule has 3 heterocycles. The molecule has 1 aliphatic heterocycles. The van der Waals surface area contributed by atoms with Gasteiger partial charge in [-0.3, -0.25) is 9.36 Å². The second-order valence-corrected chi connectivity index (χ2v) is 12.6. The minimum atomic E-state index is -0.857. The lowest BCUT2D eigenvalue weighted by molar-refractivity contribution is -0.136. The van der Waals surface area contributed by atoms with Crippen LogP contribution in [0.5, 0.6) is 5.75 Å². The Balaban J connectivity index is 1.58. The fourth-order valence-electron chi connectivity index (χ4n) is 5.70. The molecule has 1 atom stereocenters. The number of benzene rings is 3. The van der Waals surface area contributed by atoms with Crippen molar-refractivity contribution < 1.29 is 14.3 Å². The molecule has 0 radical (unpaired) electrons. The Morgan fingerprint density at radius 2 is 1.75 bits per heavy atom. The minimum Gasteiger partial charge on any atom is -0.496 e. The lowest BCUT2D eigenvalue weighted by atomic mass is 9.95. The first kappa shape index (κ1) is 30.2. The fourth-order valence-corrected chi connectivity index (χ4v) is 7.38. The molecule has 6 rings (SSSR count). The van der Waals surface area contributed by atoms with Gasteiger partial charge in [-0.2, -0.15) is 0 Å². The summed E-state index contributed by atoms with van der Waals surface area (Å²) in [5.41, 5.74) is 4.72. The number of hydrogen-bond donors (Lipinski definition) is 0. The Morgan fingerprint density at radius 1 is 1.02 bits per heavy atom. The van der Waals surface area contributed by atoms with E-state index in [2.05, 4.69) is 9.56 Å². The topological polar surface area (TPSA) is 74.8 Å². The maximum absolute atomic E-state index is 14.3. The highest BCUT2D eigenvalue weighted by Gasteiger charge is 2.35. The van der Waals surface area contributed by atoms with Gasteiger partial charge in [0.15, 0.2) is 4.80 Å². The van der Waals surface area contributed by atoms with E-state index in [1.807, 2.05) is 49.4 Å². The summed E-state index contributed by atoms with van der Waals surface area (Å²) >= 11 is 20.3. The van der Waals surface area contributed by atoms with Crippen molar-refractivity contribution in [1.82, 2.24) is 9.13 Å². The number of fused-ring (bicyclic) bond motifs is 2. The first-order valence-electron chi connectivity index (χ1n) is 13.6. The number of methoxy groups -OCH3 is 2. The van der Waals surface area contributed by atoms with E-state index >= 15 is 0 Å². The number of allylic oxidation sites excluding steroid dienone is 1. The monoisotopic (exact) mass is 665 g/mol. The van der Waals surface area contributed by atoms with E-state index in [1.54, 1.807) is 31.2 Å². The van der Waals surface area contributed by atoms with Crippen LogP contribution in [0.4, 0.5) is 0 Å². The van der Waals surface area contributed by atoms with Crippen molar-refractivity contribution in [2.45, 2.75) is 26.4 Å². The van der Waals surface area contributed by atoms with E-state index in [0.717, 1.165) is 27.7 Å². The van der Waals surface area contributed by atoms with E-state index < -0.39 is 12.0 Å². The summed E-state index contributed by atoms with van der Waals surface area (Å²) in [7, 11) is 2.83. The number of aromatic nitrogens is 2. The van der Waals surface area contributed by atoms with Crippen LogP contribution in [-0.2, 0) is 16.1 Å². The molecule has 0 saturated heterocycles. The van der Waals surface area contributed by atoms with Crippen LogP contribution in [0.15, 0.2) is 81.7 Å². The van der Waals surface area contributed by atoms with Crippen LogP contribution < -0.4 is 19.6 Å². The molecular formula is C33H26Cl3N3O4S. The van der Waals surface area contributed by atoms with Gasteiger partial charge in [0.1, 0.15) is 11.8 Å². The predicted octanol–water partition coefficient (Wildman–Crippen LogP) is 6.69. The SMILES string of the molecule is COC(=O)C1=C(C)N=c2s/c(=C\c3c(C)n(Cc4ccc(Cl)cc4Cl)c4ccccc34)c(=O)n2[C@H]1c1cc(Cl)ccc1OC. The van der Waals surface area contributed by atoms with Crippen molar-refractivity contribution in [2.75, 3.05) is 14.2 Å². The number of nitrogens with zero attached hydrogens (tertiary/aromatic N) is 3. The molecule has 1 aliphatic rings. The third-order valence-electron chi connectivity index (χ3n) is 7.81. The first-order valence-corrected chi connectivity index (χ1v) is 15.5. The average molecular weight is 667 g/mol. The number of carbonyl (C=O) groups excluding carboxylic acids is 1. The van der Waals surface area contributed by atoms with Gasteiger partial charge in [-0.15, -0.1) is 0 Å². The summed E-state index contributed by atoms with van der Waals surface area (Å²) in [6.07, 6.45) is 1.89. The van der Waals surface area contributed by atoms with Crippen molar-refractivity contribution in [2.24, 2.45) is 4.99 Å². The maximum atomic E-state index is 14.3. The summed E-state index contributed by atoms with van der Waals surface area (Å²) in [6.45, 7) is 4.27. The van der Waals surface area contributed by atoms with E-state index in [4.69, 9.17) is 44.3 Å². The third kappa shape index (κ3) is 5.16. The third-order valence-corrected chi connectivity index (χ3v) is 9.62. The summed E-state index contributed by atoms with van der Waals surface area (Å²) in [5, 5.41) is 2.58. The molecule has 44 heavy (non-hydrogen) atoms. The number of hydrogen-bond acceptors (Lipinski definition) is 6. The van der Waals surface area contributed by atoms with Crippen molar-refractivity contribution in [3.05, 3.63) is 129 Å². The molecule has 7 nitrogen and oxygen atoms in total. The zero-order valence-corrected chi connectivity index (χ0v) is 27.2. The standard InChI is InChI=1S/C33H26Cl3N3O4S/c1-17-29(32(41)43-4)30(24-13-20(34)11-12-27(24)42-3)39-31(40)28(44-33(39)37-17)15-23-18(2)38(26-8-6-5-7-22(23)26)16-19-9-10-21(35)14-25(19)36/h5-15,30H,16H2,1-4H3/b28-15-/t30-/m0/s1. The number of rotatable bonds is 6. The fraction of sp³-hybridized carbons (Fsp3) is 0.182. The molecule has 5 aromatic rings. The molecule has 0 unspecified atom stereocenters. The van der Waals surface area contributed by atoms with Gasteiger partial charge >= 0.3 is 5.97 Å². The zero-order valence-electron chi connectivity index (χ0n) is 24.2. The van der Waals surface area contributed by atoms with Crippen LogP contribution in [0.2, 0.25) is 15.1 Å². The highest BCUT2D eigenvalue weighted by atomic mass is 35.5. The van der Waals surface area contributed by atoms with Crippen LogP contribution in [0.3, 0.4) is 0 Å². The van der Waals surface area contributed by atoms with Crippen molar-refractivity contribution in [1.29, 1.82) is 0 Å². The Morgan fingerprint density at radius 3 is 2.48 bits per heavy atom. The summed E-state index contributed by atoms with van der Waals surface area (Å²) in [6, 6.07) is 17.7. The lowest BCUT2D eigenvalue weighted by Gasteiger charge is -2.25. The van der Waals surface area contributed by atoms with E-state index in [-0.39, 0.29) is 11.1 Å². The highest BCUT2D eigenvalue weighted by molar-refractivity contribution is 7.07. The predicted molar refractivity (Wildman–Crippen MR) is 176 cm³/mol. The largest absolute Gasteiger partial charge is 0.496 e. The second kappa shape index (κ2) is 11.9. The van der Waals surface area contributed by atoms with E-state index in [9.17, 15) is 9.59 Å². The van der Waals surface area contributed by atoms with Crippen molar-refractivity contribution >= 4 is 69.1 Å². The van der Waals surface area contributed by atoms with Gasteiger partial charge in [0, 0.05) is 49.3 Å². The molecule has 0 saturated carbocycles. The Bertz CT molecular complexity index is 2200. The molecule has 2 aromatic heterocycles. The smallest absolute Gasteiger partial charge is 0.338 e. The van der Waals surface area contributed by atoms with Gasteiger partial charge in [0.25, 0.3) is 5.56 Å². The summed E-state index contributed by atoms with van der Waals surface area (Å²) < 4.78 is 14.9. The molecule has 0 bridgehead atoms. The average Bonchev–Trinajstić information content (AvgIpc) is 3.45. The number of halogens is 3. The number of para-hydroxylation sites is 1. The van der Waals surface area contributed by atoms with Gasteiger partial charge in [0.05, 0.1) is 30.0 Å². The lowest BCUT2D eigenvalue weighted by Crippen LogP contribution is -2.40. The van der Waals surface area contributed by atoms with Crippen LogP contribution in [-0.4, -0.2) is 29.3 Å². The van der Waals surface area contributed by atoms with Crippen LogP contribution >= 0.6 is 46.1 Å². The van der Waals surface area contributed by atoms with Crippen LogP contribution in [0.1, 0.15) is 35.3 Å². The van der Waals surface area contributed by atoms with Gasteiger partial charge < -0.3 is 14.0 Å². The Hall–Kier alpha value is -3.82. The zero-order chi connectivity index (χ0) is 31.3. The number of thiazole rings is 1. The Labute approximate surface area is 271 Å². The van der Waals surface area contributed by atoms with Crippen molar-refractivity contribution in [3.63, 3.8) is 0 Å². The molecule has 0 amide bonds.